The largest absolute Gasteiger partial charge is 0.481 e. The molecular formula is C15H22O4. The van der Waals surface area contributed by atoms with Gasteiger partial charge in [-0.25, -0.2) is 0 Å². The van der Waals surface area contributed by atoms with Crippen molar-refractivity contribution in [2.75, 3.05) is 0 Å². The molecule has 4 heteroatoms. The van der Waals surface area contributed by atoms with E-state index < -0.39 is 11.9 Å². The maximum Gasteiger partial charge on any atom is 0.307 e. The van der Waals surface area contributed by atoms with Gasteiger partial charge in [-0.15, -0.1) is 0 Å². The lowest BCUT2D eigenvalue weighted by Gasteiger charge is -2.00. The Hall–Kier alpha value is -1.84. The molecule has 0 fully saturated rings. The van der Waals surface area contributed by atoms with E-state index in [0.717, 1.165) is 24.0 Å². The second-order valence-corrected chi connectivity index (χ2v) is 4.58. The fourth-order valence-corrected chi connectivity index (χ4v) is 1.44. The van der Waals surface area contributed by atoms with E-state index in [-0.39, 0.29) is 12.3 Å². The molecule has 0 saturated carbocycles. The van der Waals surface area contributed by atoms with E-state index >= 15 is 0 Å². The summed E-state index contributed by atoms with van der Waals surface area (Å²) in [6.45, 7) is 5.69. The summed E-state index contributed by atoms with van der Waals surface area (Å²) in [5.41, 5.74) is 2.00. The highest BCUT2D eigenvalue weighted by atomic mass is 16.4. The molecule has 1 aromatic carbocycles. The van der Waals surface area contributed by atoms with Gasteiger partial charge in [0.1, 0.15) is 0 Å². The number of hydrogen-bond donors (Lipinski definition) is 2. The molecule has 0 bridgehead atoms. The standard InChI is InChI=1S/C9H10O2.C6H12O2/c1-7-2-4-8(5-3-7)6-9(10)11;1-3-4-5(2)6(7)8/h2-5H,6H2,1H3,(H,10,11);5H,3-4H2,1-2H3,(H,7,8). The van der Waals surface area contributed by atoms with Gasteiger partial charge in [0.2, 0.25) is 0 Å². The van der Waals surface area contributed by atoms with Gasteiger partial charge in [0, 0.05) is 0 Å². The van der Waals surface area contributed by atoms with Gasteiger partial charge < -0.3 is 10.2 Å². The summed E-state index contributed by atoms with van der Waals surface area (Å²) in [6.07, 6.45) is 1.85. The molecule has 0 aliphatic heterocycles. The number of benzene rings is 1. The Morgan fingerprint density at radius 3 is 2.00 bits per heavy atom. The van der Waals surface area contributed by atoms with Crippen LogP contribution in [0.15, 0.2) is 24.3 Å². The summed E-state index contributed by atoms with van der Waals surface area (Å²) < 4.78 is 0. The van der Waals surface area contributed by atoms with Gasteiger partial charge in [-0.05, 0) is 18.9 Å². The number of aliphatic carboxylic acids is 2. The normalized spacial score (nSPS) is 11.1. The van der Waals surface area contributed by atoms with Crippen LogP contribution in [0.25, 0.3) is 0 Å². The summed E-state index contributed by atoms with van der Waals surface area (Å²) in [6, 6.07) is 7.50. The van der Waals surface area contributed by atoms with Crippen LogP contribution in [0.4, 0.5) is 0 Å². The molecule has 0 radical (unpaired) electrons. The van der Waals surface area contributed by atoms with Crippen LogP contribution in [0, 0.1) is 12.8 Å². The van der Waals surface area contributed by atoms with Crippen LogP contribution in [0.5, 0.6) is 0 Å². The van der Waals surface area contributed by atoms with Crippen molar-refractivity contribution in [3.8, 4) is 0 Å². The third kappa shape index (κ3) is 8.83. The van der Waals surface area contributed by atoms with Gasteiger partial charge in [0.15, 0.2) is 0 Å². The first-order valence-corrected chi connectivity index (χ1v) is 6.37. The van der Waals surface area contributed by atoms with Gasteiger partial charge in [-0.3, -0.25) is 9.59 Å². The van der Waals surface area contributed by atoms with Crippen molar-refractivity contribution in [1.29, 1.82) is 0 Å². The number of hydrogen-bond acceptors (Lipinski definition) is 2. The highest BCUT2D eigenvalue weighted by molar-refractivity contribution is 5.70. The van der Waals surface area contributed by atoms with E-state index in [4.69, 9.17) is 10.2 Å². The Morgan fingerprint density at radius 1 is 1.16 bits per heavy atom. The molecule has 1 rings (SSSR count). The van der Waals surface area contributed by atoms with E-state index in [2.05, 4.69) is 0 Å². The number of aryl methyl sites for hydroxylation is 1. The second-order valence-electron chi connectivity index (χ2n) is 4.58. The number of carboxylic acid groups (broad SMARTS) is 2. The van der Waals surface area contributed by atoms with Crippen molar-refractivity contribution < 1.29 is 19.8 Å². The van der Waals surface area contributed by atoms with E-state index in [1.165, 1.54) is 0 Å². The van der Waals surface area contributed by atoms with Crippen molar-refractivity contribution in [3.63, 3.8) is 0 Å². The average Bonchev–Trinajstić information content (AvgIpc) is 2.32. The van der Waals surface area contributed by atoms with Crippen LogP contribution in [0.2, 0.25) is 0 Å². The van der Waals surface area contributed by atoms with Crippen LogP contribution >= 0.6 is 0 Å². The molecule has 1 unspecified atom stereocenters. The molecule has 0 spiro atoms. The minimum Gasteiger partial charge on any atom is -0.481 e. The third-order valence-electron chi connectivity index (χ3n) is 2.62. The predicted molar refractivity (Wildman–Crippen MR) is 74.2 cm³/mol. The highest BCUT2D eigenvalue weighted by Crippen LogP contribution is 2.03. The Balaban J connectivity index is 0.000000362. The van der Waals surface area contributed by atoms with Gasteiger partial charge in [0.05, 0.1) is 12.3 Å². The van der Waals surface area contributed by atoms with Crippen LogP contribution in [-0.4, -0.2) is 22.2 Å². The van der Waals surface area contributed by atoms with Gasteiger partial charge in [-0.1, -0.05) is 50.1 Å². The van der Waals surface area contributed by atoms with Crippen molar-refractivity contribution in [2.45, 2.75) is 40.0 Å². The number of rotatable bonds is 5. The zero-order chi connectivity index (χ0) is 14.8. The second kappa shape index (κ2) is 9.14. The molecule has 0 amide bonds. The molecular weight excluding hydrogens is 244 g/mol. The highest BCUT2D eigenvalue weighted by Gasteiger charge is 2.07. The number of carboxylic acids is 2. The van der Waals surface area contributed by atoms with Crippen molar-refractivity contribution in [1.82, 2.24) is 0 Å². The summed E-state index contributed by atoms with van der Waals surface area (Å²) >= 11 is 0. The molecule has 0 saturated heterocycles. The topological polar surface area (TPSA) is 74.6 Å². The molecule has 19 heavy (non-hydrogen) atoms. The molecule has 0 aliphatic rings. The monoisotopic (exact) mass is 266 g/mol. The molecule has 2 N–H and O–H groups in total. The molecule has 1 aromatic rings. The van der Waals surface area contributed by atoms with E-state index in [0.29, 0.717) is 0 Å². The third-order valence-corrected chi connectivity index (χ3v) is 2.62. The molecule has 106 valence electrons. The maximum absolute atomic E-state index is 10.3. The molecule has 1 atom stereocenters. The minimum absolute atomic E-state index is 0.111. The number of carbonyl (C=O) groups is 2. The summed E-state index contributed by atoms with van der Waals surface area (Å²) in [4.78, 5) is 20.3. The molecule has 0 aromatic heterocycles. The lowest BCUT2D eigenvalue weighted by atomic mass is 10.1. The first-order valence-electron chi connectivity index (χ1n) is 6.37. The lowest BCUT2D eigenvalue weighted by Crippen LogP contribution is -2.08. The molecule has 4 nitrogen and oxygen atoms in total. The SMILES string of the molecule is CCCC(C)C(=O)O.Cc1ccc(CC(=O)O)cc1. The Kier molecular flexibility index (Phi) is 8.25. The van der Waals surface area contributed by atoms with Crippen LogP contribution in [0.1, 0.15) is 37.8 Å². The van der Waals surface area contributed by atoms with Gasteiger partial charge in [-0.2, -0.15) is 0 Å². The van der Waals surface area contributed by atoms with Crippen LogP contribution in [-0.2, 0) is 16.0 Å². The first-order chi connectivity index (χ1) is 8.86. The van der Waals surface area contributed by atoms with E-state index in [1.807, 2.05) is 38.1 Å². The Morgan fingerprint density at radius 2 is 1.68 bits per heavy atom. The summed E-state index contributed by atoms with van der Waals surface area (Å²) in [5, 5.41) is 16.7. The van der Waals surface area contributed by atoms with Crippen molar-refractivity contribution >= 4 is 11.9 Å². The zero-order valence-electron chi connectivity index (χ0n) is 11.7. The van der Waals surface area contributed by atoms with Gasteiger partial charge in [0.25, 0.3) is 0 Å². The lowest BCUT2D eigenvalue weighted by molar-refractivity contribution is -0.141. The van der Waals surface area contributed by atoms with Gasteiger partial charge >= 0.3 is 11.9 Å². The average molecular weight is 266 g/mol. The minimum atomic E-state index is -0.783. The molecule has 0 aliphatic carbocycles. The fraction of sp³-hybridized carbons (Fsp3) is 0.467. The zero-order valence-corrected chi connectivity index (χ0v) is 11.7. The smallest absolute Gasteiger partial charge is 0.307 e. The summed E-state index contributed by atoms with van der Waals surface area (Å²) in [7, 11) is 0. The molecule has 0 heterocycles. The Bertz CT molecular complexity index is 395. The fourth-order valence-electron chi connectivity index (χ4n) is 1.44. The first kappa shape index (κ1) is 17.2. The maximum atomic E-state index is 10.3. The summed E-state index contributed by atoms with van der Waals surface area (Å²) in [5.74, 6) is -1.64. The van der Waals surface area contributed by atoms with E-state index in [1.54, 1.807) is 6.92 Å². The van der Waals surface area contributed by atoms with Crippen molar-refractivity contribution in [2.24, 2.45) is 5.92 Å². The van der Waals surface area contributed by atoms with Crippen LogP contribution < -0.4 is 0 Å². The van der Waals surface area contributed by atoms with Crippen molar-refractivity contribution in [3.05, 3.63) is 35.4 Å². The predicted octanol–water partition coefficient (Wildman–Crippen LogP) is 3.13. The Labute approximate surface area is 114 Å². The van der Waals surface area contributed by atoms with Crippen LogP contribution in [0.3, 0.4) is 0 Å². The quantitative estimate of drug-likeness (QED) is 0.858. The van der Waals surface area contributed by atoms with E-state index in [9.17, 15) is 9.59 Å².